The Hall–Kier alpha value is -3.23. The van der Waals surface area contributed by atoms with Crippen molar-refractivity contribution in [1.29, 1.82) is 0 Å². The second-order valence-electron chi connectivity index (χ2n) is 5.72. The summed E-state index contributed by atoms with van der Waals surface area (Å²) in [5, 5.41) is 5.03. The van der Waals surface area contributed by atoms with E-state index < -0.39 is 29.9 Å². The summed E-state index contributed by atoms with van der Waals surface area (Å²) in [6.07, 6.45) is 0.500. The molecule has 1 rings (SSSR count). The largest absolute Gasteiger partial charge is 0.493 e. The summed E-state index contributed by atoms with van der Waals surface area (Å²) >= 11 is 0. The zero-order valence-electron chi connectivity index (χ0n) is 16.7. The fraction of sp³-hybridized carbons (Fsp3) is 0.421. The van der Waals surface area contributed by atoms with E-state index >= 15 is 0 Å². The lowest BCUT2D eigenvalue weighted by Crippen LogP contribution is -2.43. The van der Waals surface area contributed by atoms with Crippen molar-refractivity contribution in [3.05, 3.63) is 30.4 Å². The van der Waals surface area contributed by atoms with E-state index in [4.69, 9.17) is 18.9 Å². The van der Waals surface area contributed by atoms with Gasteiger partial charge in [-0.05, 0) is 26.0 Å². The minimum absolute atomic E-state index is 0.200. The van der Waals surface area contributed by atoms with Gasteiger partial charge in [-0.15, -0.1) is 6.58 Å². The summed E-state index contributed by atoms with van der Waals surface area (Å²) in [6, 6.07) is 1.93. The van der Waals surface area contributed by atoms with Crippen molar-refractivity contribution in [2.24, 2.45) is 0 Å². The van der Waals surface area contributed by atoms with Crippen LogP contribution in [0.2, 0.25) is 0 Å². The molecular weight excluding hydrogens is 368 g/mol. The summed E-state index contributed by atoms with van der Waals surface area (Å²) in [4.78, 5) is 36.4. The molecule has 0 aliphatic carbocycles. The van der Waals surface area contributed by atoms with Crippen molar-refractivity contribution in [2.75, 3.05) is 27.9 Å². The molecule has 0 bridgehead atoms. The zero-order chi connectivity index (χ0) is 21.3. The molecule has 0 saturated carbocycles. The Bertz CT molecular complexity index is 708. The van der Waals surface area contributed by atoms with Crippen molar-refractivity contribution in [3.8, 4) is 17.2 Å². The Labute approximate surface area is 164 Å². The molecule has 0 spiro atoms. The molecule has 0 aliphatic rings. The molecule has 0 aliphatic heterocycles. The standard InChI is InChI=1S/C19H26N2O7/c1-7-8-20-17(22)12(3)28-19(24)11(2)21-18(23)13-9-14(25-4)16(27-6)15(10-13)26-5/h7,9-12H,1,8H2,2-6H3,(H,20,22)(H,21,23)/t11-,12+/m0/s1. The molecule has 154 valence electrons. The van der Waals surface area contributed by atoms with Gasteiger partial charge in [0.1, 0.15) is 6.04 Å². The normalized spacial score (nSPS) is 12.2. The number of carbonyl (C=O) groups is 3. The van der Waals surface area contributed by atoms with Crippen LogP contribution in [-0.4, -0.2) is 57.8 Å². The second-order valence-corrected chi connectivity index (χ2v) is 5.72. The predicted octanol–water partition coefficient (Wildman–Crippen LogP) is 1.06. The van der Waals surface area contributed by atoms with Crippen LogP contribution in [0, 0.1) is 0 Å². The quantitative estimate of drug-likeness (QED) is 0.451. The lowest BCUT2D eigenvalue weighted by molar-refractivity contribution is -0.156. The Balaban J connectivity index is 2.82. The van der Waals surface area contributed by atoms with E-state index in [9.17, 15) is 14.4 Å². The van der Waals surface area contributed by atoms with Gasteiger partial charge in [0, 0.05) is 12.1 Å². The molecule has 28 heavy (non-hydrogen) atoms. The van der Waals surface area contributed by atoms with Gasteiger partial charge in [-0.2, -0.15) is 0 Å². The van der Waals surface area contributed by atoms with E-state index in [-0.39, 0.29) is 12.1 Å². The molecule has 2 N–H and O–H groups in total. The van der Waals surface area contributed by atoms with Crippen LogP contribution in [0.25, 0.3) is 0 Å². The van der Waals surface area contributed by atoms with Gasteiger partial charge in [0.15, 0.2) is 17.6 Å². The lowest BCUT2D eigenvalue weighted by Gasteiger charge is -2.18. The van der Waals surface area contributed by atoms with Crippen LogP contribution >= 0.6 is 0 Å². The van der Waals surface area contributed by atoms with Gasteiger partial charge in [-0.25, -0.2) is 4.79 Å². The minimum Gasteiger partial charge on any atom is -0.493 e. The molecule has 9 nitrogen and oxygen atoms in total. The summed E-state index contributed by atoms with van der Waals surface area (Å²) in [5.41, 5.74) is 0.200. The third kappa shape index (κ3) is 5.90. The number of hydrogen-bond donors (Lipinski definition) is 2. The number of rotatable bonds is 10. The maximum absolute atomic E-state index is 12.5. The number of methoxy groups -OCH3 is 3. The van der Waals surface area contributed by atoms with Crippen molar-refractivity contribution in [2.45, 2.75) is 26.0 Å². The molecule has 0 fully saturated rings. The van der Waals surface area contributed by atoms with Crippen molar-refractivity contribution in [3.63, 3.8) is 0 Å². The fourth-order valence-electron chi connectivity index (χ4n) is 2.20. The molecule has 2 atom stereocenters. The third-order valence-corrected chi connectivity index (χ3v) is 3.71. The molecule has 0 unspecified atom stereocenters. The third-order valence-electron chi connectivity index (χ3n) is 3.71. The topological polar surface area (TPSA) is 112 Å². The van der Waals surface area contributed by atoms with Gasteiger partial charge >= 0.3 is 5.97 Å². The molecule has 0 heterocycles. The van der Waals surface area contributed by atoms with Crippen molar-refractivity contribution in [1.82, 2.24) is 10.6 Å². The number of nitrogens with one attached hydrogen (secondary N) is 2. The zero-order valence-corrected chi connectivity index (χ0v) is 16.7. The maximum atomic E-state index is 12.5. The Morgan fingerprint density at radius 2 is 1.64 bits per heavy atom. The molecule has 0 aromatic heterocycles. The van der Waals surface area contributed by atoms with Crippen LogP contribution in [0.15, 0.2) is 24.8 Å². The molecular formula is C19H26N2O7. The Morgan fingerprint density at radius 3 is 2.11 bits per heavy atom. The number of benzene rings is 1. The highest BCUT2D eigenvalue weighted by atomic mass is 16.5. The van der Waals surface area contributed by atoms with Gasteiger partial charge in [0.05, 0.1) is 21.3 Å². The molecule has 2 amide bonds. The highest BCUT2D eigenvalue weighted by Gasteiger charge is 2.24. The van der Waals surface area contributed by atoms with Gasteiger partial charge < -0.3 is 29.6 Å². The number of carbonyl (C=O) groups excluding carboxylic acids is 3. The van der Waals surface area contributed by atoms with Crippen LogP contribution < -0.4 is 24.8 Å². The lowest BCUT2D eigenvalue weighted by atomic mass is 10.1. The molecule has 1 aromatic rings. The van der Waals surface area contributed by atoms with E-state index in [1.54, 1.807) is 0 Å². The summed E-state index contributed by atoms with van der Waals surface area (Å²) < 4.78 is 20.7. The number of amides is 2. The van der Waals surface area contributed by atoms with Crippen LogP contribution in [0.5, 0.6) is 17.2 Å². The SMILES string of the molecule is C=CCNC(=O)[C@@H](C)OC(=O)[C@H](C)NC(=O)c1cc(OC)c(OC)c(OC)c1. The summed E-state index contributed by atoms with van der Waals surface area (Å²) in [5.74, 6) is -0.816. The molecule has 0 saturated heterocycles. The second kappa shape index (κ2) is 10.8. The van der Waals surface area contributed by atoms with E-state index in [0.29, 0.717) is 17.2 Å². The van der Waals surface area contributed by atoms with E-state index in [1.807, 2.05) is 0 Å². The molecule has 0 radical (unpaired) electrons. The number of ether oxygens (including phenoxy) is 4. The van der Waals surface area contributed by atoms with E-state index in [1.165, 1.54) is 53.4 Å². The summed E-state index contributed by atoms with van der Waals surface area (Å²) in [7, 11) is 4.31. The minimum atomic E-state index is -1.01. The van der Waals surface area contributed by atoms with E-state index in [2.05, 4.69) is 17.2 Å². The highest BCUT2D eigenvalue weighted by molar-refractivity contribution is 5.98. The predicted molar refractivity (Wildman–Crippen MR) is 102 cm³/mol. The average Bonchev–Trinajstić information content (AvgIpc) is 2.70. The first-order valence-electron chi connectivity index (χ1n) is 8.48. The Kier molecular flexibility index (Phi) is 8.80. The highest BCUT2D eigenvalue weighted by Crippen LogP contribution is 2.38. The van der Waals surface area contributed by atoms with Gasteiger partial charge in [0.25, 0.3) is 11.8 Å². The number of esters is 1. The smallest absolute Gasteiger partial charge is 0.329 e. The van der Waals surface area contributed by atoms with Crippen LogP contribution in [0.4, 0.5) is 0 Å². The average molecular weight is 394 g/mol. The molecule has 1 aromatic carbocycles. The van der Waals surface area contributed by atoms with Crippen LogP contribution in [0.1, 0.15) is 24.2 Å². The van der Waals surface area contributed by atoms with Gasteiger partial charge in [-0.3, -0.25) is 9.59 Å². The number of hydrogen-bond acceptors (Lipinski definition) is 7. The van der Waals surface area contributed by atoms with E-state index in [0.717, 1.165) is 0 Å². The maximum Gasteiger partial charge on any atom is 0.329 e. The van der Waals surface area contributed by atoms with Gasteiger partial charge in [-0.1, -0.05) is 6.08 Å². The monoisotopic (exact) mass is 394 g/mol. The van der Waals surface area contributed by atoms with Crippen molar-refractivity contribution < 1.29 is 33.3 Å². The Morgan fingerprint density at radius 1 is 1.07 bits per heavy atom. The van der Waals surface area contributed by atoms with Crippen LogP contribution in [0.3, 0.4) is 0 Å². The van der Waals surface area contributed by atoms with Gasteiger partial charge in [0.2, 0.25) is 5.75 Å². The van der Waals surface area contributed by atoms with Crippen molar-refractivity contribution >= 4 is 17.8 Å². The first-order valence-corrected chi connectivity index (χ1v) is 8.48. The first kappa shape index (κ1) is 22.8. The van der Waals surface area contributed by atoms with Crippen LogP contribution in [-0.2, 0) is 14.3 Å². The fourth-order valence-corrected chi connectivity index (χ4v) is 2.20. The molecule has 9 heteroatoms. The first-order chi connectivity index (χ1) is 13.3. The summed E-state index contributed by atoms with van der Waals surface area (Å²) in [6.45, 7) is 6.63.